The maximum absolute atomic E-state index is 12.5. The van der Waals surface area contributed by atoms with Crippen molar-refractivity contribution >= 4 is 35.1 Å². The van der Waals surface area contributed by atoms with Crippen LogP contribution in [0.2, 0.25) is 5.02 Å². The van der Waals surface area contributed by atoms with Crippen molar-refractivity contribution in [1.82, 2.24) is 5.32 Å². The summed E-state index contributed by atoms with van der Waals surface area (Å²) in [6.45, 7) is 3.75. The zero-order valence-corrected chi connectivity index (χ0v) is 14.7. The molecule has 2 amide bonds. The molecular weight excluding hydrogens is 332 g/mol. The lowest BCUT2D eigenvalue weighted by molar-refractivity contribution is -0.142. The van der Waals surface area contributed by atoms with Crippen LogP contribution in [0.4, 0.5) is 5.69 Å². The molecule has 1 aromatic rings. The molecule has 0 aromatic heterocycles. The number of carbonyl (C=O) groups is 3. The van der Waals surface area contributed by atoms with E-state index >= 15 is 0 Å². The Kier molecular flexibility index (Phi) is 5.49. The summed E-state index contributed by atoms with van der Waals surface area (Å²) in [4.78, 5) is 37.6. The van der Waals surface area contributed by atoms with Crippen LogP contribution in [0.3, 0.4) is 0 Å². The lowest BCUT2D eigenvalue weighted by atomic mass is 9.98. The van der Waals surface area contributed by atoms with Crippen molar-refractivity contribution in [2.45, 2.75) is 32.2 Å². The number of rotatable bonds is 5. The molecule has 0 aliphatic carbocycles. The number of ether oxygens (including phenoxy) is 1. The van der Waals surface area contributed by atoms with Gasteiger partial charge in [-0.15, -0.1) is 0 Å². The minimum atomic E-state index is -0.745. The van der Waals surface area contributed by atoms with Crippen LogP contribution in [0, 0.1) is 5.92 Å². The number of carbonyl (C=O) groups excluding carboxylic acids is 3. The molecule has 6 nitrogen and oxygen atoms in total. The van der Waals surface area contributed by atoms with Gasteiger partial charge in [-0.2, -0.15) is 0 Å². The molecule has 1 N–H and O–H groups in total. The molecule has 1 heterocycles. The summed E-state index contributed by atoms with van der Waals surface area (Å²) in [5, 5.41) is 3.29. The maximum atomic E-state index is 12.5. The average molecular weight is 353 g/mol. The number of methoxy groups -OCH3 is 1. The van der Waals surface area contributed by atoms with E-state index in [0.717, 1.165) is 0 Å². The molecule has 0 saturated carbocycles. The summed E-state index contributed by atoms with van der Waals surface area (Å²) in [5.74, 6) is -1.29. The second kappa shape index (κ2) is 7.21. The quantitative estimate of drug-likeness (QED) is 0.824. The zero-order valence-electron chi connectivity index (χ0n) is 14.0. The van der Waals surface area contributed by atoms with Crippen LogP contribution in [0.15, 0.2) is 24.3 Å². The number of nitrogens with one attached hydrogen (secondary N) is 1. The van der Waals surface area contributed by atoms with Crippen LogP contribution in [0.5, 0.6) is 0 Å². The molecule has 7 heteroatoms. The molecule has 0 bridgehead atoms. The van der Waals surface area contributed by atoms with E-state index in [-0.39, 0.29) is 31.2 Å². The second-order valence-electron chi connectivity index (χ2n) is 6.48. The molecule has 1 aliphatic rings. The highest BCUT2D eigenvalue weighted by molar-refractivity contribution is 6.33. The van der Waals surface area contributed by atoms with Crippen molar-refractivity contribution in [3.8, 4) is 0 Å². The number of hydrogen-bond donors (Lipinski definition) is 1. The maximum Gasteiger partial charge on any atom is 0.307 e. The zero-order chi connectivity index (χ0) is 17.9. The van der Waals surface area contributed by atoms with Crippen LogP contribution in [0.1, 0.15) is 26.7 Å². The predicted molar refractivity (Wildman–Crippen MR) is 90.8 cm³/mol. The van der Waals surface area contributed by atoms with Gasteiger partial charge >= 0.3 is 5.97 Å². The summed E-state index contributed by atoms with van der Waals surface area (Å²) in [6.07, 6.45) is 0.176. The summed E-state index contributed by atoms with van der Waals surface area (Å²) in [6, 6.07) is 7.03. The molecule has 1 aliphatic heterocycles. The molecule has 1 unspecified atom stereocenters. The van der Waals surface area contributed by atoms with Gasteiger partial charge in [0.1, 0.15) is 0 Å². The van der Waals surface area contributed by atoms with Crippen LogP contribution in [-0.4, -0.2) is 37.0 Å². The Morgan fingerprint density at radius 1 is 1.38 bits per heavy atom. The van der Waals surface area contributed by atoms with Gasteiger partial charge in [0.15, 0.2) is 0 Å². The third-order valence-corrected chi connectivity index (χ3v) is 4.23. The summed E-state index contributed by atoms with van der Waals surface area (Å²) < 4.78 is 4.63. The fourth-order valence-electron chi connectivity index (χ4n) is 2.70. The minimum Gasteiger partial charge on any atom is -0.469 e. The number of hydrogen-bond acceptors (Lipinski definition) is 4. The number of halogens is 1. The van der Waals surface area contributed by atoms with Crippen LogP contribution in [-0.2, 0) is 19.1 Å². The first kappa shape index (κ1) is 18.3. The van der Waals surface area contributed by atoms with Crippen molar-refractivity contribution in [1.29, 1.82) is 0 Å². The van der Waals surface area contributed by atoms with E-state index in [1.165, 1.54) is 12.0 Å². The van der Waals surface area contributed by atoms with Gasteiger partial charge < -0.3 is 15.0 Å². The van der Waals surface area contributed by atoms with Crippen molar-refractivity contribution in [3.05, 3.63) is 29.3 Å². The van der Waals surface area contributed by atoms with E-state index in [1.807, 2.05) is 0 Å². The van der Waals surface area contributed by atoms with Crippen molar-refractivity contribution < 1.29 is 19.1 Å². The molecule has 2 rings (SSSR count). The Bertz CT molecular complexity index is 660. The smallest absolute Gasteiger partial charge is 0.307 e. The number of esters is 1. The highest BCUT2D eigenvalue weighted by Gasteiger charge is 2.37. The Labute approximate surface area is 146 Å². The predicted octanol–water partition coefficient (Wildman–Crippen LogP) is 2.15. The summed E-state index contributed by atoms with van der Waals surface area (Å²) in [7, 11) is 1.30. The largest absolute Gasteiger partial charge is 0.469 e. The van der Waals surface area contributed by atoms with E-state index in [9.17, 15) is 14.4 Å². The van der Waals surface area contributed by atoms with E-state index in [0.29, 0.717) is 10.7 Å². The second-order valence-corrected chi connectivity index (χ2v) is 6.89. The highest BCUT2D eigenvalue weighted by atomic mass is 35.5. The van der Waals surface area contributed by atoms with Gasteiger partial charge in [-0.25, -0.2) is 0 Å². The molecule has 0 radical (unpaired) electrons. The SMILES string of the molecule is COC(=O)CC(C)(C)NC(=O)C1CC(=O)N(c2ccccc2Cl)C1. The average Bonchev–Trinajstić information content (AvgIpc) is 2.88. The lowest BCUT2D eigenvalue weighted by Gasteiger charge is -2.26. The van der Waals surface area contributed by atoms with Gasteiger partial charge in [0.2, 0.25) is 11.8 Å². The first-order valence-corrected chi connectivity index (χ1v) is 8.05. The van der Waals surface area contributed by atoms with Gasteiger partial charge in [-0.1, -0.05) is 23.7 Å². The molecule has 24 heavy (non-hydrogen) atoms. The van der Waals surface area contributed by atoms with Crippen molar-refractivity contribution in [2.24, 2.45) is 5.92 Å². The van der Waals surface area contributed by atoms with Gasteiger partial charge in [-0.3, -0.25) is 14.4 Å². The Balaban J connectivity index is 2.04. The minimum absolute atomic E-state index is 0.0597. The van der Waals surface area contributed by atoms with Crippen LogP contribution in [0.25, 0.3) is 0 Å². The third kappa shape index (κ3) is 4.26. The van der Waals surface area contributed by atoms with Crippen molar-refractivity contribution in [3.63, 3.8) is 0 Å². The molecule has 1 atom stereocenters. The van der Waals surface area contributed by atoms with E-state index < -0.39 is 17.4 Å². The Morgan fingerprint density at radius 2 is 2.04 bits per heavy atom. The van der Waals surface area contributed by atoms with Gasteiger partial charge in [-0.05, 0) is 26.0 Å². The normalized spacial score (nSPS) is 17.8. The van der Waals surface area contributed by atoms with Crippen LogP contribution >= 0.6 is 11.6 Å². The Morgan fingerprint density at radius 3 is 2.67 bits per heavy atom. The van der Waals surface area contributed by atoms with Gasteiger partial charge in [0.05, 0.1) is 30.2 Å². The highest BCUT2D eigenvalue weighted by Crippen LogP contribution is 2.31. The van der Waals surface area contributed by atoms with Gasteiger partial charge in [0, 0.05) is 18.5 Å². The lowest BCUT2D eigenvalue weighted by Crippen LogP contribution is -2.48. The first-order valence-electron chi connectivity index (χ1n) is 7.67. The van der Waals surface area contributed by atoms with Gasteiger partial charge in [0.25, 0.3) is 0 Å². The third-order valence-electron chi connectivity index (χ3n) is 3.91. The fourth-order valence-corrected chi connectivity index (χ4v) is 2.94. The number of amides is 2. The molecule has 1 saturated heterocycles. The van der Waals surface area contributed by atoms with E-state index in [4.69, 9.17) is 11.6 Å². The molecule has 130 valence electrons. The fraction of sp³-hybridized carbons (Fsp3) is 0.471. The standard InChI is InChI=1S/C17H21ClN2O4/c1-17(2,9-15(22)24-3)19-16(23)11-8-14(21)20(10-11)13-7-5-4-6-12(13)18/h4-7,11H,8-10H2,1-3H3,(H,19,23). The molecule has 1 fully saturated rings. The Hall–Kier alpha value is -2.08. The monoisotopic (exact) mass is 352 g/mol. The van der Waals surface area contributed by atoms with Crippen LogP contribution < -0.4 is 10.2 Å². The first-order chi connectivity index (χ1) is 11.2. The molecule has 0 spiro atoms. The topological polar surface area (TPSA) is 75.7 Å². The van der Waals surface area contributed by atoms with E-state index in [1.54, 1.807) is 38.1 Å². The summed E-state index contributed by atoms with van der Waals surface area (Å²) in [5.41, 5.74) is -0.140. The number of nitrogens with zero attached hydrogens (tertiary/aromatic N) is 1. The number of para-hydroxylation sites is 1. The summed E-state index contributed by atoms with van der Waals surface area (Å²) >= 11 is 6.13. The molecular formula is C17H21ClN2O4. The van der Waals surface area contributed by atoms with Crippen molar-refractivity contribution in [2.75, 3.05) is 18.6 Å². The molecule has 1 aromatic carbocycles. The van der Waals surface area contributed by atoms with E-state index in [2.05, 4.69) is 10.1 Å². The number of benzene rings is 1. The number of anilines is 1.